The molecule has 1 aliphatic carbocycles. The summed E-state index contributed by atoms with van der Waals surface area (Å²) in [7, 11) is -2.84. The standard InChI is InChI=1S/C17H25NO2S/c1-2-18-13-17(15-9-11-21(19,20)12-15)10-5-7-14-6-3-4-8-16(14)17/h3-4,6,8,15,18H,2,5,7,9-13H2,1H3. The van der Waals surface area contributed by atoms with Gasteiger partial charge in [0.05, 0.1) is 11.5 Å². The van der Waals surface area contributed by atoms with Gasteiger partial charge < -0.3 is 5.32 Å². The van der Waals surface area contributed by atoms with E-state index in [0.29, 0.717) is 11.5 Å². The fourth-order valence-electron chi connectivity index (χ4n) is 4.28. The second-order valence-electron chi connectivity index (χ2n) is 6.55. The van der Waals surface area contributed by atoms with Crippen LogP contribution >= 0.6 is 0 Å². The summed E-state index contributed by atoms with van der Waals surface area (Å²) in [5.41, 5.74) is 2.83. The van der Waals surface area contributed by atoms with Gasteiger partial charge in [-0.05, 0) is 49.3 Å². The molecular weight excluding hydrogens is 282 g/mol. The van der Waals surface area contributed by atoms with Crippen LogP contribution in [0.3, 0.4) is 0 Å². The van der Waals surface area contributed by atoms with Gasteiger partial charge in [-0.2, -0.15) is 0 Å². The fraction of sp³-hybridized carbons (Fsp3) is 0.647. The quantitative estimate of drug-likeness (QED) is 0.928. The van der Waals surface area contributed by atoms with Gasteiger partial charge in [0.25, 0.3) is 0 Å². The minimum Gasteiger partial charge on any atom is -0.316 e. The van der Waals surface area contributed by atoms with Crippen molar-refractivity contribution in [2.45, 2.75) is 38.0 Å². The molecule has 1 fully saturated rings. The summed E-state index contributed by atoms with van der Waals surface area (Å²) >= 11 is 0. The molecule has 2 atom stereocenters. The molecule has 1 aromatic rings. The van der Waals surface area contributed by atoms with Crippen LogP contribution in [0.2, 0.25) is 0 Å². The zero-order valence-corrected chi connectivity index (χ0v) is 13.6. The number of nitrogens with one attached hydrogen (secondary N) is 1. The van der Waals surface area contributed by atoms with E-state index in [2.05, 4.69) is 36.5 Å². The molecule has 0 radical (unpaired) electrons. The van der Waals surface area contributed by atoms with Crippen LogP contribution in [0.15, 0.2) is 24.3 Å². The predicted octanol–water partition coefficient (Wildman–Crippen LogP) is 2.30. The Morgan fingerprint density at radius 1 is 1.33 bits per heavy atom. The summed E-state index contributed by atoms with van der Waals surface area (Å²) in [5, 5.41) is 3.51. The van der Waals surface area contributed by atoms with Gasteiger partial charge in [0.2, 0.25) is 0 Å². The van der Waals surface area contributed by atoms with Crippen molar-refractivity contribution in [3.63, 3.8) is 0 Å². The van der Waals surface area contributed by atoms with Gasteiger partial charge in [-0.15, -0.1) is 0 Å². The lowest BCUT2D eigenvalue weighted by Crippen LogP contribution is -2.47. The largest absolute Gasteiger partial charge is 0.316 e. The normalized spacial score (nSPS) is 31.0. The first kappa shape index (κ1) is 15.0. The maximum absolute atomic E-state index is 12.0. The van der Waals surface area contributed by atoms with Crippen LogP contribution in [0, 0.1) is 5.92 Å². The number of benzene rings is 1. The molecule has 0 aromatic heterocycles. The van der Waals surface area contributed by atoms with E-state index in [9.17, 15) is 8.42 Å². The second kappa shape index (κ2) is 5.73. The Morgan fingerprint density at radius 3 is 2.86 bits per heavy atom. The monoisotopic (exact) mass is 307 g/mol. The average Bonchev–Trinajstić information content (AvgIpc) is 2.85. The van der Waals surface area contributed by atoms with E-state index in [1.807, 2.05) is 0 Å². The number of likely N-dealkylation sites (N-methyl/N-ethyl adjacent to an activating group) is 1. The molecular formula is C17H25NO2S. The van der Waals surface area contributed by atoms with Crippen LogP contribution in [-0.4, -0.2) is 33.0 Å². The Balaban J connectivity index is 2.02. The third kappa shape index (κ3) is 2.76. The highest BCUT2D eigenvalue weighted by molar-refractivity contribution is 7.91. The SMILES string of the molecule is CCNCC1(C2CCS(=O)(=O)C2)CCCc2ccccc21. The number of fused-ring (bicyclic) bond motifs is 1. The summed E-state index contributed by atoms with van der Waals surface area (Å²) in [6.07, 6.45) is 4.22. The number of sulfone groups is 1. The summed E-state index contributed by atoms with van der Waals surface area (Å²) in [6.45, 7) is 3.96. The molecule has 1 aromatic carbocycles. The maximum Gasteiger partial charge on any atom is 0.150 e. The van der Waals surface area contributed by atoms with Crippen molar-refractivity contribution in [2.75, 3.05) is 24.6 Å². The van der Waals surface area contributed by atoms with Crippen molar-refractivity contribution in [3.8, 4) is 0 Å². The Morgan fingerprint density at radius 2 is 2.14 bits per heavy atom. The van der Waals surface area contributed by atoms with Gasteiger partial charge in [0.1, 0.15) is 0 Å². The molecule has 21 heavy (non-hydrogen) atoms. The van der Waals surface area contributed by atoms with Crippen LogP contribution in [0.5, 0.6) is 0 Å². The van der Waals surface area contributed by atoms with Crippen LogP contribution < -0.4 is 5.32 Å². The van der Waals surface area contributed by atoms with Crippen molar-refractivity contribution in [2.24, 2.45) is 5.92 Å². The first-order chi connectivity index (χ1) is 10.1. The molecule has 116 valence electrons. The van der Waals surface area contributed by atoms with Crippen LogP contribution in [0.4, 0.5) is 0 Å². The highest BCUT2D eigenvalue weighted by Gasteiger charge is 2.47. The molecule has 1 heterocycles. The van der Waals surface area contributed by atoms with E-state index in [4.69, 9.17) is 0 Å². The third-order valence-electron chi connectivity index (χ3n) is 5.33. The first-order valence-corrected chi connectivity index (χ1v) is 9.89. The maximum atomic E-state index is 12.0. The summed E-state index contributed by atoms with van der Waals surface area (Å²) in [6, 6.07) is 8.66. The van der Waals surface area contributed by atoms with E-state index in [-0.39, 0.29) is 11.3 Å². The smallest absolute Gasteiger partial charge is 0.150 e. The van der Waals surface area contributed by atoms with Gasteiger partial charge in [0.15, 0.2) is 9.84 Å². The van der Waals surface area contributed by atoms with E-state index in [1.165, 1.54) is 17.5 Å². The minimum absolute atomic E-state index is 0.00836. The lowest BCUT2D eigenvalue weighted by atomic mass is 9.62. The summed E-state index contributed by atoms with van der Waals surface area (Å²) < 4.78 is 24.0. The van der Waals surface area contributed by atoms with Crippen molar-refractivity contribution in [1.82, 2.24) is 5.32 Å². The highest BCUT2D eigenvalue weighted by Crippen LogP contribution is 2.46. The van der Waals surface area contributed by atoms with Gasteiger partial charge in [-0.25, -0.2) is 8.42 Å². The van der Waals surface area contributed by atoms with Crippen LogP contribution in [0.25, 0.3) is 0 Å². The minimum atomic E-state index is -2.84. The Kier molecular flexibility index (Phi) is 4.10. The molecule has 2 aliphatic rings. The zero-order valence-electron chi connectivity index (χ0n) is 12.8. The third-order valence-corrected chi connectivity index (χ3v) is 7.10. The zero-order chi connectivity index (χ0) is 14.9. The molecule has 0 bridgehead atoms. The molecule has 0 saturated carbocycles. The number of rotatable bonds is 4. The van der Waals surface area contributed by atoms with Crippen LogP contribution in [0.1, 0.15) is 37.3 Å². The lowest BCUT2D eigenvalue weighted by molar-refractivity contribution is 0.241. The Bertz CT molecular complexity index is 611. The van der Waals surface area contributed by atoms with E-state index < -0.39 is 9.84 Å². The predicted molar refractivity (Wildman–Crippen MR) is 86.4 cm³/mol. The summed E-state index contributed by atoms with van der Waals surface area (Å²) in [4.78, 5) is 0. The van der Waals surface area contributed by atoms with Crippen LogP contribution in [-0.2, 0) is 21.7 Å². The molecule has 1 aliphatic heterocycles. The summed E-state index contributed by atoms with van der Waals surface area (Å²) in [5.74, 6) is 1.00. The van der Waals surface area contributed by atoms with E-state index >= 15 is 0 Å². The van der Waals surface area contributed by atoms with Crippen molar-refractivity contribution in [1.29, 1.82) is 0 Å². The number of hydrogen-bond acceptors (Lipinski definition) is 3. The van der Waals surface area contributed by atoms with Crippen molar-refractivity contribution in [3.05, 3.63) is 35.4 Å². The van der Waals surface area contributed by atoms with E-state index in [1.54, 1.807) is 0 Å². The molecule has 4 heteroatoms. The topological polar surface area (TPSA) is 46.2 Å². The molecule has 3 nitrogen and oxygen atoms in total. The first-order valence-electron chi connectivity index (χ1n) is 8.07. The molecule has 2 unspecified atom stereocenters. The Hall–Kier alpha value is -0.870. The molecule has 0 amide bonds. The van der Waals surface area contributed by atoms with Gasteiger partial charge in [-0.1, -0.05) is 31.2 Å². The fourth-order valence-corrected chi connectivity index (χ4v) is 6.19. The van der Waals surface area contributed by atoms with Gasteiger partial charge in [-0.3, -0.25) is 0 Å². The lowest BCUT2D eigenvalue weighted by Gasteiger charge is -2.44. The molecule has 1 saturated heterocycles. The number of hydrogen-bond donors (Lipinski definition) is 1. The molecule has 1 N–H and O–H groups in total. The highest BCUT2D eigenvalue weighted by atomic mass is 32.2. The molecule has 3 rings (SSSR count). The Labute approximate surface area is 128 Å². The van der Waals surface area contributed by atoms with Crippen molar-refractivity contribution >= 4 is 9.84 Å². The average molecular weight is 307 g/mol. The van der Waals surface area contributed by atoms with Gasteiger partial charge in [0, 0.05) is 12.0 Å². The van der Waals surface area contributed by atoms with E-state index in [0.717, 1.165) is 32.4 Å². The molecule has 0 spiro atoms. The number of aryl methyl sites for hydroxylation is 1. The van der Waals surface area contributed by atoms with Gasteiger partial charge >= 0.3 is 0 Å². The van der Waals surface area contributed by atoms with Crippen molar-refractivity contribution < 1.29 is 8.42 Å². The second-order valence-corrected chi connectivity index (χ2v) is 8.78.